The van der Waals surface area contributed by atoms with Gasteiger partial charge in [-0.25, -0.2) is 0 Å². The quantitative estimate of drug-likeness (QED) is 0.301. The van der Waals surface area contributed by atoms with Crippen LogP contribution in [0.25, 0.3) is 10.9 Å². The normalized spacial score (nSPS) is 11.7. The molecule has 9 heteroatoms. The minimum atomic E-state index is -0.990. The molecule has 3 aromatic carbocycles. The Morgan fingerprint density at radius 3 is 2.55 bits per heavy atom. The van der Waals surface area contributed by atoms with Gasteiger partial charge in [0.2, 0.25) is 0 Å². The number of nitro groups is 1. The molecule has 0 radical (unpaired) electrons. The largest absolute Gasteiger partial charge is 0.505 e. The lowest BCUT2D eigenvalue weighted by Gasteiger charge is -2.22. The van der Waals surface area contributed by atoms with Crippen LogP contribution < -0.4 is 10.1 Å². The Bertz CT molecular complexity index is 1330. The van der Waals surface area contributed by atoms with Crippen LogP contribution in [0.5, 0.6) is 11.5 Å². The molecule has 0 aliphatic carbocycles. The van der Waals surface area contributed by atoms with Gasteiger partial charge >= 0.3 is 0 Å². The summed E-state index contributed by atoms with van der Waals surface area (Å²) < 4.78 is 5.50. The fraction of sp³-hybridized carbons (Fsp3) is 0.0833. The highest BCUT2D eigenvalue weighted by atomic mass is 35.5. The monoisotopic (exact) mass is 463 g/mol. The van der Waals surface area contributed by atoms with E-state index in [9.17, 15) is 20.0 Å². The highest BCUT2D eigenvalue weighted by molar-refractivity contribution is 6.31. The summed E-state index contributed by atoms with van der Waals surface area (Å²) in [5.41, 5.74) is 0.340. The number of fused-ring (bicyclic) bond motifs is 1. The summed E-state index contributed by atoms with van der Waals surface area (Å²) in [6.45, 7) is -0.306. The minimum Gasteiger partial charge on any atom is -0.505 e. The zero-order chi connectivity index (χ0) is 23.4. The van der Waals surface area contributed by atoms with E-state index in [1.54, 1.807) is 54.6 Å². The van der Waals surface area contributed by atoms with Crippen molar-refractivity contribution in [2.24, 2.45) is 0 Å². The molecule has 1 heterocycles. The van der Waals surface area contributed by atoms with E-state index in [1.807, 2.05) is 6.07 Å². The van der Waals surface area contributed by atoms with E-state index in [0.717, 1.165) is 0 Å². The second kappa shape index (κ2) is 9.54. The van der Waals surface area contributed by atoms with Crippen molar-refractivity contribution in [3.8, 4) is 11.5 Å². The van der Waals surface area contributed by atoms with Gasteiger partial charge in [0, 0.05) is 22.8 Å². The Hall–Kier alpha value is -4.17. The number of carbonyl (C=O) groups excluding carboxylic acids is 1. The molecular formula is C24H18ClN3O5. The number of aromatic nitrogens is 1. The maximum absolute atomic E-state index is 12.8. The molecule has 0 bridgehead atoms. The standard InChI is InChI=1S/C24H18ClN3O5/c25-19-11-5-4-9-16(19)22(27-21(29)14-33-15-7-2-1-3-8-15)18-13-20(28(31)32)17-10-6-12-26-23(17)24(18)30/h1-13,22,30H,14H2,(H,27,29). The Kier molecular flexibility index (Phi) is 6.37. The van der Waals surface area contributed by atoms with Gasteiger partial charge in [-0.05, 0) is 35.9 Å². The number of ether oxygens (including phenoxy) is 1. The minimum absolute atomic E-state index is 0.0496. The molecule has 4 rings (SSSR count). The van der Waals surface area contributed by atoms with Crippen LogP contribution in [0.2, 0.25) is 5.02 Å². The van der Waals surface area contributed by atoms with Crippen molar-refractivity contribution in [2.75, 3.05) is 6.61 Å². The van der Waals surface area contributed by atoms with E-state index in [4.69, 9.17) is 16.3 Å². The highest BCUT2D eigenvalue weighted by Gasteiger charge is 2.28. The number of phenols is 1. The maximum Gasteiger partial charge on any atom is 0.279 e. The molecule has 0 saturated carbocycles. The third kappa shape index (κ3) is 4.70. The number of aromatic hydroxyl groups is 1. The van der Waals surface area contributed by atoms with Gasteiger partial charge in [-0.3, -0.25) is 19.9 Å². The van der Waals surface area contributed by atoms with Gasteiger partial charge in [-0.15, -0.1) is 0 Å². The second-order valence-corrected chi connectivity index (χ2v) is 7.52. The second-order valence-electron chi connectivity index (χ2n) is 7.11. The van der Waals surface area contributed by atoms with E-state index in [0.29, 0.717) is 16.3 Å². The SMILES string of the molecule is O=C(COc1ccccc1)NC(c1ccccc1Cl)c1cc([N+](=O)[O-])c2cccnc2c1O. The Labute approximate surface area is 193 Å². The summed E-state index contributed by atoms with van der Waals surface area (Å²) in [6.07, 6.45) is 1.42. The molecule has 166 valence electrons. The number of para-hydroxylation sites is 1. The van der Waals surface area contributed by atoms with Crippen molar-refractivity contribution < 1.29 is 19.6 Å². The number of nitro benzene ring substituents is 1. The number of pyridine rings is 1. The van der Waals surface area contributed by atoms with Crippen LogP contribution in [-0.4, -0.2) is 27.5 Å². The van der Waals surface area contributed by atoms with Gasteiger partial charge in [0.05, 0.1) is 16.4 Å². The Balaban J connectivity index is 1.77. The van der Waals surface area contributed by atoms with E-state index < -0.39 is 16.9 Å². The average Bonchev–Trinajstić information content (AvgIpc) is 2.83. The molecular weight excluding hydrogens is 446 g/mol. The molecule has 2 N–H and O–H groups in total. The van der Waals surface area contributed by atoms with Crippen molar-refractivity contribution in [3.05, 3.63) is 105 Å². The molecule has 0 fully saturated rings. The topological polar surface area (TPSA) is 115 Å². The number of nitrogens with one attached hydrogen (secondary N) is 1. The molecule has 8 nitrogen and oxygen atoms in total. The van der Waals surface area contributed by atoms with E-state index in [1.165, 1.54) is 18.3 Å². The first kappa shape index (κ1) is 22.0. The van der Waals surface area contributed by atoms with Gasteiger partial charge in [0.1, 0.15) is 17.0 Å². The first-order valence-corrected chi connectivity index (χ1v) is 10.3. The number of benzene rings is 3. The van der Waals surface area contributed by atoms with Crippen LogP contribution in [0.4, 0.5) is 5.69 Å². The first-order chi connectivity index (χ1) is 16.0. The number of non-ortho nitro benzene ring substituents is 1. The van der Waals surface area contributed by atoms with Crippen LogP contribution in [0.15, 0.2) is 79.0 Å². The van der Waals surface area contributed by atoms with Crippen molar-refractivity contribution in [2.45, 2.75) is 6.04 Å². The number of hydrogen-bond acceptors (Lipinski definition) is 6. The van der Waals surface area contributed by atoms with Gasteiger partial charge < -0.3 is 15.2 Å². The third-order valence-electron chi connectivity index (χ3n) is 5.02. The van der Waals surface area contributed by atoms with Gasteiger partial charge in [-0.1, -0.05) is 48.0 Å². The molecule has 4 aromatic rings. The molecule has 0 spiro atoms. The molecule has 1 aromatic heterocycles. The molecule has 0 aliphatic rings. The number of nitrogens with zero attached hydrogens (tertiary/aromatic N) is 2. The molecule has 0 aliphatic heterocycles. The lowest BCUT2D eigenvalue weighted by atomic mass is 9.95. The number of carbonyl (C=O) groups is 1. The fourth-order valence-corrected chi connectivity index (χ4v) is 3.75. The van der Waals surface area contributed by atoms with Crippen LogP contribution in [-0.2, 0) is 4.79 Å². The van der Waals surface area contributed by atoms with Crippen LogP contribution >= 0.6 is 11.6 Å². The summed E-state index contributed by atoms with van der Waals surface area (Å²) in [7, 11) is 0. The number of rotatable bonds is 7. The first-order valence-electron chi connectivity index (χ1n) is 9.92. The van der Waals surface area contributed by atoms with Crippen molar-refractivity contribution in [1.29, 1.82) is 0 Å². The molecule has 0 saturated heterocycles. The van der Waals surface area contributed by atoms with Gasteiger partial charge in [0.25, 0.3) is 11.6 Å². The predicted octanol–water partition coefficient (Wildman–Crippen LogP) is 4.79. The number of amides is 1. The van der Waals surface area contributed by atoms with Crippen LogP contribution in [0.1, 0.15) is 17.2 Å². The van der Waals surface area contributed by atoms with Gasteiger partial charge in [0.15, 0.2) is 6.61 Å². The molecule has 1 amide bonds. The lowest BCUT2D eigenvalue weighted by Crippen LogP contribution is -2.33. The van der Waals surface area contributed by atoms with Crippen molar-refractivity contribution in [3.63, 3.8) is 0 Å². The summed E-state index contributed by atoms with van der Waals surface area (Å²) in [4.78, 5) is 28.1. The number of hydrogen-bond donors (Lipinski definition) is 2. The van der Waals surface area contributed by atoms with Gasteiger partial charge in [-0.2, -0.15) is 0 Å². The summed E-state index contributed by atoms with van der Waals surface area (Å²) in [5.74, 6) is -0.285. The molecule has 1 atom stereocenters. The zero-order valence-electron chi connectivity index (χ0n) is 17.1. The predicted molar refractivity (Wildman–Crippen MR) is 123 cm³/mol. The van der Waals surface area contributed by atoms with Crippen LogP contribution in [0, 0.1) is 10.1 Å². The van der Waals surface area contributed by atoms with Crippen LogP contribution in [0.3, 0.4) is 0 Å². The average molecular weight is 464 g/mol. The van der Waals surface area contributed by atoms with Crippen molar-refractivity contribution >= 4 is 34.1 Å². The fourth-order valence-electron chi connectivity index (χ4n) is 3.50. The van der Waals surface area contributed by atoms with E-state index in [-0.39, 0.29) is 34.5 Å². The Morgan fingerprint density at radius 2 is 1.82 bits per heavy atom. The Morgan fingerprint density at radius 1 is 1.09 bits per heavy atom. The summed E-state index contributed by atoms with van der Waals surface area (Å²) >= 11 is 6.38. The number of halogens is 1. The highest BCUT2D eigenvalue weighted by Crippen LogP contribution is 2.40. The smallest absolute Gasteiger partial charge is 0.279 e. The molecule has 1 unspecified atom stereocenters. The van der Waals surface area contributed by atoms with E-state index >= 15 is 0 Å². The summed E-state index contributed by atoms with van der Waals surface area (Å²) in [5, 5.41) is 26.0. The maximum atomic E-state index is 12.8. The molecule has 33 heavy (non-hydrogen) atoms. The lowest BCUT2D eigenvalue weighted by molar-refractivity contribution is -0.383. The van der Waals surface area contributed by atoms with E-state index in [2.05, 4.69) is 10.3 Å². The number of phenolic OH excluding ortho intramolecular Hbond substituents is 1. The third-order valence-corrected chi connectivity index (χ3v) is 5.36. The van der Waals surface area contributed by atoms with Crippen molar-refractivity contribution in [1.82, 2.24) is 10.3 Å². The summed E-state index contributed by atoms with van der Waals surface area (Å²) in [6, 6.07) is 18.8. The zero-order valence-corrected chi connectivity index (χ0v) is 17.9.